The average Bonchev–Trinajstić information content (AvgIpc) is 3.43. The van der Waals surface area contributed by atoms with E-state index in [2.05, 4.69) is 30.6 Å². The van der Waals surface area contributed by atoms with Crippen LogP contribution in [-0.2, 0) is 4.74 Å². The molecule has 1 aromatic carbocycles. The lowest BCUT2D eigenvalue weighted by Gasteiger charge is -2.13. The first-order valence-electron chi connectivity index (χ1n) is 10.3. The predicted octanol–water partition coefficient (Wildman–Crippen LogP) is 2.28. The van der Waals surface area contributed by atoms with Crippen molar-refractivity contribution in [2.24, 2.45) is 11.7 Å². The second kappa shape index (κ2) is 8.40. The highest BCUT2D eigenvalue weighted by atomic mass is 16.5. The summed E-state index contributed by atoms with van der Waals surface area (Å²) in [5.74, 6) is 1.85. The van der Waals surface area contributed by atoms with Gasteiger partial charge in [0.1, 0.15) is 5.75 Å². The van der Waals surface area contributed by atoms with Gasteiger partial charge in [-0.1, -0.05) is 5.21 Å². The Morgan fingerprint density at radius 3 is 2.97 bits per heavy atom. The number of nitrogens with zero attached hydrogens (tertiary/aromatic N) is 6. The number of rotatable bonds is 7. The standard InChI is InChI=1S/C21H24N8O2/c1-30-17-5-3-14-7-16(9-23-18(14)8-17)29-20-19(27-28-29)10-24-21(26-20)25-15-4-2-13(6-15)11-31-12-22/h3,5,7-10,13,15H,2,4,6,11-12,22H2,1H3,(H,24,25,26)/t13-,15?/m1/s1. The molecule has 5 rings (SSSR count). The Bertz CT molecular complexity index is 1210. The van der Waals surface area contributed by atoms with E-state index < -0.39 is 0 Å². The van der Waals surface area contributed by atoms with Crippen LogP contribution in [0.3, 0.4) is 0 Å². The molecule has 10 heteroatoms. The van der Waals surface area contributed by atoms with Crippen LogP contribution in [0.2, 0.25) is 0 Å². The molecule has 3 aromatic heterocycles. The van der Waals surface area contributed by atoms with Gasteiger partial charge in [-0.25, -0.2) is 4.98 Å². The number of hydrogen-bond acceptors (Lipinski definition) is 9. The minimum atomic E-state index is 0.266. The minimum absolute atomic E-state index is 0.266. The molecule has 0 radical (unpaired) electrons. The summed E-state index contributed by atoms with van der Waals surface area (Å²) in [4.78, 5) is 13.6. The first-order chi connectivity index (χ1) is 15.2. The normalized spacial score (nSPS) is 18.6. The summed E-state index contributed by atoms with van der Waals surface area (Å²) >= 11 is 0. The fourth-order valence-corrected chi connectivity index (χ4v) is 4.08. The lowest BCUT2D eigenvalue weighted by atomic mass is 10.1. The molecule has 0 saturated heterocycles. The van der Waals surface area contributed by atoms with E-state index in [1.54, 1.807) is 24.2 Å². The van der Waals surface area contributed by atoms with Crippen LogP contribution >= 0.6 is 0 Å². The van der Waals surface area contributed by atoms with E-state index in [1.165, 1.54) is 0 Å². The number of hydrogen-bond donors (Lipinski definition) is 2. The van der Waals surface area contributed by atoms with Crippen LogP contribution in [0.4, 0.5) is 5.95 Å². The third kappa shape index (κ3) is 3.99. The highest BCUT2D eigenvalue weighted by Gasteiger charge is 2.25. The van der Waals surface area contributed by atoms with Gasteiger partial charge in [0.15, 0.2) is 11.2 Å². The number of methoxy groups -OCH3 is 1. The summed E-state index contributed by atoms with van der Waals surface area (Å²) < 4.78 is 12.3. The van der Waals surface area contributed by atoms with Crippen molar-refractivity contribution in [1.82, 2.24) is 29.9 Å². The summed E-state index contributed by atoms with van der Waals surface area (Å²) in [6, 6.07) is 8.09. The van der Waals surface area contributed by atoms with Crippen molar-refractivity contribution < 1.29 is 9.47 Å². The van der Waals surface area contributed by atoms with Gasteiger partial charge in [-0.3, -0.25) is 4.98 Å². The first kappa shape index (κ1) is 19.6. The molecular weight excluding hydrogens is 396 g/mol. The SMILES string of the molecule is COc1ccc2cc(-n3nnc4cnc(NC5CC[C@@H](COCN)C5)nc43)cnc2c1. The first-order valence-corrected chi connectivity index (χ1v) is 10.3. The van der Waals surface area contributed by atoms with Crippen LogP contribution in [0.15, 0.2) is 36.7 Å². The molecule has 3 N–H and O–H groups in total. The number of ether oxygens (including phenoxy) is 2. The predicted molar refractivity (Wildman–Crippen MR) is 116 cm³/mol. The number of pyridine rings is 1. The Kier molecular flexibility index (Phi) is 5.31. The molecule has 10 nitrogen and oxygen atoms in total. The number of nitrogens with two attached hydrogens (primary N) is 1. The van der Waals surface area contributed by atoms with Gasteiger partial charge in [-0.05, 0) is 43.4 Å². The Morgan fingerprint density at radius 1 is 1.16 bits per heavy atom. The van der Waals surface area contributed by atoms with Gasteiger partial charge >= 0.3 is 0 Å². The van der Waals surface area contributed by atoms with Crippen LogP contribution < -0.4 is 15.8 Å². The van der Waals surface area contributed by atoms with E-state index in [0.29, 0.717) is 35.7 Å². The average molecular weight is 420 g/mol. The number of aromatic nitrogens is 6. The summed E-state index contributed by atoms with van der Waals surface area (Å²) in [6.07, 6.45) is 6.61. The van der Waals surface area contributed by atoms with Gasteiger partial charge in [0.2, 0.25) is 5.95 Å². The number of nitrogens with one attached hydrogen (secondary N) is 1. The zero-order chi connectivity index (χ0) is 21.2. The zero-order valence-corrected chi connectivity index (χ0v) is 17.2. The van der Waals surface area contributed by atoms with Gasteiger partial charge in [-0.2, -0.15) is 9.67 Å². The number of anilines is 1. The third-order valence-corrected chi connectivity index (χ3v) is 5.66. The minimum Gasteiger partial charge on any atom is -0.497 e. The molecule has 0 amide bonds. The van der Waals surface area contributed by atoms with Crippen LogP contribution in [-0.4, -0.2) is 56.4 Å². The fraction of sp³-hybridized carbons (Fsp3) is 0.381. The smallest absolute Gasteiger partial charge is 0.225 e. The molecule has 1 fully saturated rings. The van der Waals surface area contributed by atoms with Gasteiger partial charge in [0.05, 0.1) is 44.0 Å². The lowest BCUT2D eigenvalue weighted by Crippen LogP contribution is -2.19. The Balaban J connectivity index is 1.40. The molecule has 0 bridgehead atoms. The fourth-order valence-electron chi connectivity index (χ4n) is 4.08. The Hall–Kier alpha value is -3.37. The zero-order valence-electron chi connectivity index (χ0n) is 17.2. The molecular formula is C21H24N8O2. The molecule has 3 heterocycles. The van der Waals surface area contributed by atoms with E-state index in [4.69, 9.17) is 15.2 Å². The largest absolute Gasteiger partial charge is 0.497 e. The summed E-state index contributed by atoms with van der Waals surface area (Å²) in [6.45, 7) is 0.967. The van der Waals surface area contributed by atoms with Crippen LogP contribution in [0.25, 0.3) is 27.8 Å². The van der Waals surface area contributed by atoms with Crippen molar-refractivity contribution in [1.29, 1.82) is 0 Å². The molecule has 0 spiro atoms. The van der Waals surface area contributed by atoms with E-state index in [9.17, 15) is 0 Å². The second-order valence-electron chi connectivity index (χ2n) is 7.71. The topological polar surface area (TPSA) is 126 Å². The van der Waals surface area contributed by atoms with Gasteiger partial charge in [-0.15, -0.1) is 5.10 Å². The summed E-state index contributed by atoms with van der Waals surface area (Å²) in [5.41, 5.74) is 8.32. The second-order valence-corrected chi connectivity index (χ2v) is 7.71. The molecule has 160 valence electrons. The van der Waals surface area contributed by atoms with Gasteiger partial charge in [0, 0.05) is 17.5 Å². The molecule has 0 aliphatic heterocycles. The number of benzene rings is 1. The molecule has 31 heavy (non-hydrogen) atoms. The highest BCUT2D eigenvalue weighted by Crippen LogP contribution is 2.28. The molecule has 1 unspecified atom stereocenters. The maximum absolute atomic E-state index is 5.43. The maximum atomic E-state index is 5.43. The summed E-state index contributed by atoms with van der Waals surface area (Å²) in [5, 5.41) is 12.9. The molecule has 4 aromatic rings. The molecule has 1 aliphatic rings. The lowest BCUT2D eigenvalue weighted by molar-refractivity contribution is 0.107. The van der Waals surface area contributed by atoms with Crippen molar-refractivity contribution in [3.8, 4) is 11.4 Å². The van der Waals surface area contributed by atoms with E-state index in [0.717, 1.165) is 41.6 Å². The van der Waals surface area contributed by atoms with E-state index >= 15 is 0 Å². The van der Waals surface area contributed by atoms with Gasteiger partial charge < -0.3 is 20.5 Å². The van der Waals surface area contributed by atoms with Crippen molar-refractivity contribution in [2.75, 3.05) is 25.8 Å². The third-order valence-electron chi connectivity index (χ3n) is 5.66. The summed E-state index contributed by atoms with van der Waals surface area (Å²) in [7, 11) is 1.64. The monoisotopic (exact) mass is 420 g/mol. The van der Waals surface area contributed by atoms with Crippen LogP contribution in [0.5, 0.6) is 5.75 Å². The quantitative estimate of drug-likeness (QED) is 0.433. The Morgan fingerprint density at radius 2 is 2.10 bits per heavy atom. The van der Waals surface area contributed by atoms with Crippen molar-refractivity contribution >= 4 is 28.0 Å². The van der Waals surface area contributed by atoms with Crippen LogP contribution in [0.1, 0.15) is 19.3 Å². The van der Waals surface area contributed by atoms with E-state index in [1.807, 2.05) is 24.3 Å². The van der Waals surface area contributed by atoms with Gasteiger partial charge in [0.25, 0.3) is 0 Å². The van der Waals surface area contributed by atoms with Crippen molar-refractivity contribution in [3.05, 3.63) is 36.7 Å². The Labute approximate surface area is 178 Å². The van der Waals surface area contributed by atoms with Crippen LogP contribution in [0, 0.1) is 5.92 Å². The number of fused-ring (bicyclic) bond motifs is 2. The molecule has 2 atom stereocenters. The molecule has 1 aliphatic carbocycles. The van der Waals surface area contributed by atoms with Crippen molar-refractivity contribution in [2.45, 2.75) is 25.3 Å². The maximum Gasteiger partial charge on any atom is 0.225 e. The highest BCUT2D eigenvalue weighted by molar-refractivity contribution is 5.82. The van der Waals surface area contributed by atoms with Crippen molar-refractivity contribution in [3.63, 3.8) is 0 Å². The molecule has 1 saturated carbocycles. The van der Waals surface area contributed by atoms with E-state index in [-0.39, 0.29) is 6.73 Å².